The zero-order valence-electron chi connectivity index (χ0n) is 13.7. The van der Waals surface area contributed by atoms with Gasteiger partial charge < -0.3 is 15.2 Å². The van der Waals surface area contributed by atoms with Crippen molar-refractivity contribution in [2.75, 3.05) is 5.32 Å². The van der Waals surface area contributed by atoms with E-state index in [1.54, 1.807) is 10.8 Å². The molecule has 1 atom stereocenters. The summed E-state index contributed by atoms with van der Waals surface area (Å²) in [5.74, 6) is 0.110. The maximum Gasteiger partial charge on any atom is 0.352 e. The van der Waals surface area contributed by atoms with Crippen LogP contribution < -0.4 is 10.1 Å². The molecular weight excluding hydrogens is 332 g/mol. The number of carboxylic acids is 1. The maximum atomic E-state index is 11.3. The van der Waals surface area contributed by atoms with E-state index >= 15 is 0 Å². The molecular formula is C19H16N4O3. The summed E-state index contributed by atoms with van der Waals surface area (Å²) in [5.41, 5.74) is 2.07. The third-order valence-corrected chi connectivity index (χ3v) is 4.11. The second-order valence-electron chi connectivity index (χ2n) is 5.83. The van der Waals surface area contributed by atoms with Crippen molar-refractivity contribution in [1.29, 1.82) is 0 Å². The lowest BCUT2D eigenvalue weighted by Crippen LogP contribution is -2.24. The van der Waals surface area contributed by atoms with Crippen LogP contribution in [-0.4, -0.2) is 25.8 Å². The molecule has 1 aromatic heterocycles. The first-order valence-corrected chi connectivity index (χ1v) is 8.09. The highest BCUT2D eigenvalue weighted by atomic mass is 16.5. The van der Waals surface area contributed by atoms with Crippen molar-refractivity contribution < 1.29 is 14.6 Å². The van der Waals surface area contributed by atoms with Gasteiger partial charge in [-0.1, -0.05) is 42.5 Å². The number of anilines is 1. The third kappa shape index (κ3) is 3.14. The molecule has 1 aliphatic rings. The van der Waals surface area contributed by atoms with Crippen molar-refractivity contribution in [3.63, 3.8) is 0 Å². The van der Waals surface area contributed by atoms with E-state index < -0.39 is 5.97 Å². The van der Waals surface area contributed by atoms with Gasteiger partial charge in [0.25, 0.3) is 0 Å². The molecule has 7 nitrogen and oxygen atoms in total. The summed E-state index contributed by atoms with van der Waals surface area (Å²) in [5, 5.41) is 16.2. The highest BCUT2D eigenvalue weighted by Gasteiger charge is 2.25. The molecule has 1 aliphatic heterocycles. The number of aliphatic carboxylic acids is 1. The van der Waals surface area contributed by atoms with Crippen LogP contribution in [0.1, 0.15) is 17.2 Å². The molecule has 130 valence electrons. The topological polar surface area (TPSA) is 89.3 Å². The van der Waals surface area contributed by atoms with Crippen molar-refractivity contribution in [3.8, 4) is 5.75 Å². The lowest BCUT2D eigenvalue weighted by molar-refractivity contribution is -0.132. The van der Waals surface area contributed by atoms with E-state index in [0.29, 0.717) is 12.6 Å². The predicted molar refractivity (Wildman–Crippen MR) is 94.7 cm³/mol. The first kappa shape index (κ1) is 15.9. The molecule has 4 rings (SSSR count). The minimum Gasteiger partial charge on any atom is -0.489 e. The fourth-order valence-electron chi connectivity index (χ4n) is 2.80. The van der Waals surface area contributed by atoms with Crippen LogP contribution in [0, 0.1) is 0 Å². The van der Waals surface area contributed by atoms with E-state index in [2.05, 4.69) is 15.4 Å². The van der Waals surface area contributed by atoms with E-state index in [1.807, 2.05) is 54.6 Å². The minimum absolute atomic E-state index is 0.0832. The third-order valence-electron chi connectivity index (χ3n) is 4.11. The summed E-state index contributed by atoms with van der Waals surface area (Å²) in [6, 6.07) is 17.1. The van der Waals surface area contributed by atoms with Crippen molar-refractivity contribution in [1.82, 2.24) is 14.8 Å². The molecule has 2 heterocycles. The van der Waals surface area contributed by atoms with Crippen LogP contribution >= 0.6 is 0 Å². The van der Waals surface area contributed by atoms with Crippen LogP contribution in [0.5, 0.6) is 5.75 Å². The number of carbonyl (C=O) groups is 1. The van der Waals surface area contributed by atoms with Crippen LogP contribution in [0.2, 0.25) is 0 Å². The van der Waals surface area contributed by atoms with Crippen molar-refractivity contribution in [2.24, 2.45) is 0 Å². The predicted octanol–water partition coefficient (Wildman–Crippen LogP) is 2.84. The molecule has 0 aliphatic carbocycles. The smallest absolute Gasteiger partial charge is 0.352 e. The summed E-state index contributed by atoms with van der Waals surface area (Å²) in [6.07, 6.45) is 3.01. The van der Waals surface area contributed by atoms with E-state index in [0.717, 1.165) is 16.9 Å². The van der Waals surface area contributed by atoms with Gasteiger partial charge in [0.05, 0.1) is 0 Å². The second kappa shape index (κ2) is 6.72. The normalized spacial score (nSPS) is 15.5. The molecule has 0 bridgehead atoms. The Bertz CT molecular complexity index is 948. The van der Waals surface area contributed by atoms with Crippen molar-refractivity contribution >= 4 is 11.9 Å². The summed E-state index contributed by atoms with van der Waals surface area (Å²) < 4.78 is 7.44. The van der Waals surface area contributed by atoms with E-state index in [9.17, 15) is 9.90 Å². The Morgan fingerprint density at radius 1 is 1.15 bits per heavy atom. The average molecular weight is 348 g/mol. The Balaban J connectivity index is 1.54. The second-order valence-corrected chi connectivity index (χ2v) is 5.83. The molecule has 0 saturated carbocycles. The standard InChI is InChI=1S/C19H16N4O3/c24-18(25)16-10-17(23-19(22-16)20-12-21-23)14-6-8-15(9-7-14)26-11-13-4-2-1-3-5-13/h1-10,12,17H,11H2,(H,24,25)(H,20,21,22)/t17-/m0/s1. The van der Waals surface area contributed by atoms with Gasteiger partial charge in [-0.3, -0.25) is 0 Å². The maximum absolute atomic E-state index is 11.3. The fraction of sp³-hybridized carbons (Fsp3) is 0.105. The quantitative estimate of drug-likeness (QED) is 0.737. The van der Waals surface area contributed by atoms with Gasteiger partial charge in [0, 0.05) is 0 Å². The monoisotopic (exact) mass is 348 g/mol. The number of nitrogens with one attached hydrogen (secondary N) is 1. The van der Waals surface area contributed by atoms with Gasteiger partial charge in [-0.25, -0.2) is 9.48 Å². The number of rotatable bonds is 5. The molecule has 0 fully saturated rings. The Morgan fingerprint density at radius 2 is 1.92 bits per heavy atom. The van der Waals surface area contributed by atoms with Gasteiger partial charge in [0.1, 0.15) is 30.4 Å². The van der Waals surface area contributed by atoms with Gasteiger partial charge in [0.15, 0.2) is 0 Å². The Labute approximate surface area is 149 Å². The molecule has 0 radical (unpaired) electrons. The summed E-state index contributed by atoms with van der Waals surface area (Å²) in [7, 11) is 0. The lowest BCUT2D eigenvalue weighted by Gasteiger charge is -2.22. The first-order chi connectivity index (χ1) is 12.7. The van der Waals surface area contributed by atoms with Gasteiger partial charge in [-0.2, -0.15) is 10.1 Å². The molecule has 26 heavy (non-hydrogen) atoms. The molecule has 0 spiro atoms. The number of hydrogen-bond acceptors (Lipinski definition) is 5. The number of benzene rings is 2. The number of allylic oxidation sites excluding steroid dienone is 1. The Hall–Kier alpha value is -3.61. The number of hydrogen-bond donors (Lipinski definition) is 2. The molecule has 2 aromatic carbocycles. The molecule has 3 aromatic rings. The Kier molecular flexibility index (Phi) is 4.10. The molecule has 2 N–H and O–H groups in total. The highest BCUT2D eigenvalue weighted by Crippen LogP contribution is 2.29. The van der Waals surface area contributed by atoms with Crippen molar-refractivity contribution in [2.45, 2.75) is 12.6 Å². The minimum atomic E-state index is -1.04. The number of aromatic nitrogens is 3. The fourth-order valence-corrected chi connectivity index (χ4v) is 2.80. The van der Waals surface area contributed by atoms with Crippen LogP contribution in [0.4, 0.5) is 5.95 Å². The Morgan fingerprint density at radius 3 is 2.65 bits per heavy atom. The number of carboxylic acid groups (broad SMARTS) is 1. The van der Waals surface area contributed by atoms with Crippen molar-refractivity contribution in [3.05, 3.63) is 83.8 Å². The average Bonchev–Trinajstić information content (AvgIpc) is 3.15. The number of nitrogens with zero attached hydrogens (tertiary/aromatic N) is 3. The largest absolute Gasteiger partial charge is 0.489 e. The zero-order valence-corrected chi connectivity index (χ0v) is 13.7. The van der Waals surface area contributed by atoms with E-state index in [4.69, 9.17) is 4.74 Å². The van der Waals surface area contributed by atoms with Gasteiger partial charge >= 0.3 is 5.97 Å². The van der Waals surface area contributed by atoms with Crippen LogP contribution in [0.25, 0.3) is 0 Å². The summed E-state index contributed by atoms with van der Waals surface area (Å²) >= 11 is 0. The molecule has 0 unspecified atom stereocenters. The number of fused-ring (bicyclic) bond motifs is 1. The van der Waals surface area contributed by atoms with Gasteiger partial charge in [0.2, 0.25) is 5.95 Å². The van der Waals surface area contributed by atoms with Gasteiger partial charge in [-0.15, -0.1) is 0 Å². The number of ether oxygens (including phenoxy) is 1. The summed E-state index contributed by atoms with van der Waals surface area (Å²) in [4.78, 5) is 15.4. The van der Waals surface area contributed by atoms with Gasteiger partial charge in [-0.05, 0) is 29.3 Å². The van der Waals surface area contributed by atoms with E-state index in [1.165, 1.54) is 6.33 Å². The van der Waals surface area contributed by atoms with Crippen LogP contribution in [0.3, 0.4) is 0 Å². The summed E-state index contributed by atoms with van der Waals surface area (Å²) in [6.45, 7) is 0.490. The SMILES string of the molecule is O=C(O)C1=C[C@@H](c2ccc(OCc3ccccc3)cc2)n2ncnc2N1. The molecule has 7 heteroatoms. The van der Waals surface area contributed by atoms with Crippen LogP contribution in [0.15, 0.2) is 72.7 Å². The molecule has 0 saturated heterocycles. The zero-order chi connectivity index (χ0) is 17.9. The highest BCUT2D eigenvalue weighted by molar-refractivity contribution is 5.90. The first-order valence-electron chi connectivity index (χ1n) is 8.09. The van der Waals surface area contributed by atoms with E-state index in [-0.39, 0.29) is 11.7 Å². The molecule has 0 amide bonds. The van der Waals surface area contributed by atoms with Crippen LogP contribution in [-0.2, 0) is 11.4 Å². The lowest BCUT2D eigenvalue weighted by atomic mass is 10.0.